The highest BCUT2D eigenvalue weighted by atomic mass is 16.4. The summed E-state index contributed by atoms with van der Waals surface area (Å²) in [7, 11) is 3.70. The fraction of sp³-hybridized carbons (Fsp3) is 0.444. The third kappa shape index (κ3) is 3.85. The van der Waals surface area contributed by atoms with Crippen molar-refractivity contribution in [2.75, 3.05) is 25.6 Å². The molecule has 0 bridgehead atoms. The number of hydrogen-bond donors (Lipinski definition) is 5. The first-order chi connectivity index (χ1) is 13.6. The molecule has 3 unspecified atom stereocenters. The molecule has 2 aliphatic heterocycles. The average molecular weight is 405 g/mol. The second-order valence-electron chi connectivity index (χ2n) is 7.10. The van der Waals surface area contributed by atoms with Crippen LogP contribution in [0.5, 0.6) is 0 Å². The van der Waals surface area contributed by atoms with Gasteiger partial charge in [-0.3, -0.25) is 9.78 Å². The highest BCUT2D eigenvalue weighted by Gasteiger charge is 2.27. The van der Waals surface area contributed by atoms with Crippen LogP contribution in [0.25, 0.3) is 22.6 Å². The zero-order valence-corrected chi connectivity index (χ0v) is 16.2. The number of benzene rings is 1. The van der Waals surface area contributed by atoms with Crippen LogP contribution in [0.15, 0.2) is 21.7 Å². The van der Waals surface area contributed by atoms with Gasteiger partial charge in [0, 0.05) is 19.8 Å². The number of nitrogens with one attached hydrogen (secondary N) is 1. The number of aliphatic hydroxyl groups excluding tert-OH is 4. The first-order valence-corrected chi connectivity index (χ1v) is 8.91. The number of aromatic nitrogens is 4. The number of aromatic amines is 1. The smallest absolute Gasteiger partial charge is 0.349 e. The normalized spacial score (nSPS) is 14.9. The van der Waals surface area contributed by atoms with Gasteiger partial charge in [-0.1, -0.05) is 0 Å². The summed E-state index contributed by atoms with van der Waals surface area (Å²) in [6.45, 7) is 0.831. The largest absolute Gasteiger partial charge is 0.394 e. The summed E-state index contributed by atoms with van der Waals surface area (Å²) in [5, 5.41) is 39.1. The quantitative estimate of drug-likeness (QED) is 0.293. The molecule has 1 aromatic carbocycles. The lowest BCUT2D eigenvalue weighted by Gasteiger charge is -2.25. The topological polar surface area (TPSA) is 165 Å². The van der Waals surface area contributed by atoms with Gasteiger partial charge < -0.3 is 29.9 Å². The number of rotatable bonds is 6. The van der Waals surface area contributed by atoms with E-state index in [-0.39, 0.29) is 18.1 Å². The Bertz CT molecular complexity index is 1120. The van der Waals surface area contributed by atoms with Gasteiger partial charge in [0.15, 0.2) is 11.5 Å². The molecule has 156 valence electrons. The van der Waals surface area contributed by atoms with Gasteiger partial charge in [0.2, 0.25) is 0 Å². The van der Waals surface area contributed by atoms with Crippen LogP contribution >= 0.6 is 0 Å². The molecular weight excluding hydrogens is 382 g/mol. The lowest BCUT2D eigenvalue weighted by Crippen LogP contribution is -2.42. The summed E-state index contributed by atoms with van der Waals surface area (Å²) in [5.74, 6) is -0.0652. The van der Waals surface area contributed by atoms with E-state index in [2.05, 4.69) is 15.0 Å². The van der Waals surface area contributed by atoms with Crippen molar-refractivity contribution in [3.8, 4) is 11.5 Å². The van der Waals surface area contributed by atoms with Crippen LogP contribution in [-0.2, 0) is 6.54 Å². The number of aryl methyl sites for hydroxylation is 1. The van der Waals surface area contributed by atoms with Crippen LogP contribution in [0, 0.1) is 6.92 Å². The summed E-state index contributed by atoms with van der Waals surface area (Å²) in [6, 6.07) is 3.53. The fourth-order valence-corrected chi connectivity index (χ4v) is 3.26. The Hall–Kier alpha value is -2.86. The van der Waals surface area contributed by atoms with Crippen molar-refractivity contribution in [3.05, 3.63) is 38.5 Å². The van der Waals surface area contributed by atoms with Gasteiger partial charge in [-0.05, 0) is 24.6 Å². The Morgan fingerprint density at radius 3 is 2.45 bits per heavy atom. The van der Waals surface area contributed by atoms with Crippen LogP contribution in [0.3, 0.4) is 0 Å². The Morgan fingerprint density at radius 2 is 1.83 bits per heavy atom. The number of anilines is 1. The molecule has 11 heteroatoms. The molecule has 0 aromatic heterocycles. The Morgan fingerprint density at radius 1 is 1.14 bits per heavy atom. The molecule has 0 radical (unpaired) electrons. The van der Waals surface area contributed by atoms with Crippen molar-refractivity contribution in [1.82, 2.24) is 19.5 Å². The fourth-order valence-electron chi connectivity index (χ4n) is 3.26. The minimum absolute atomic E-state index is 0.0652. The van der Waals surface area contributed by atoms with Crippen molar-refractivity contribution in [3.63, 3.8) is 0 Å². The molecule has 2 heterocycles. The van der Waals surface area contributed by atoms with E-state index in [4.69, 9.17) is 5.11 Å². The molecule has 3 atom stereocenters. The molecule has 5 N–H and O–H groups in total. The van der Waals surface area contributed by atoms with E-state index in [0.717, 1.165) is 11.3 Å². The van der Waals surface area contributed by atoms with Gasteiger partial charge in [0.1, 0.15) is 18.3 Å². The number of fused-ring (bicyclic) bond motifs is 2. The molecule has 0 saturated heterocycles. The Kier molecular flexibility index (Phi) is 5.66. The lowest BCUT2D eigenvalue weighted by molar-refractivity contribution is -0.0802. The molecule has 29 heavy (non-hydrogen) atoms. The van der Waals surface area contributed by atoms with Gasteiger partial charge in [-0.15, -0.1) is 0 Å². The average Bonchev–Trinajstić information content (AvgIpc) is 2.66. The first kappa shape index (κ1) is 20.9. The van der Waals surface area contributed by atoms with Crippen molar-refractivity contribution in [2.24, 2.45) is 0 Å². The SMILES string of the molecule is Cc1cc2nc3c(=O)[nH]c(=O)nc-3n(CC(O)C(O)C(O)CO)c2cc1N(C)C. The van der Waals surface area contributed by atoms with Crippen LogP contribution in [0.1, 0.15) is 5.56 Å². The number of nitrogens with zero attached hydrogens (tertiary/aromatic N) is 4. The Balaban J connectivity index is 2.31. The minimum atomic E-state index is -1.65. The number of aliphatic hydroxyl groups is 4. The van der Waals surface area contributed by atoms with Crippen LogP contribution in [-0.4, -0.2) is 79.0 Å². The van der Waals surface area contributed by atoms with E-state index in [1.54, 1.807) is 12.1 Å². The van der Waals surface area contributed by atoms with E-state index in [0.29, 0.717) is 11.0 Å². The molecule has 0 amide bonds. The second kappa shape index (κ2) is 7.87. The van der Waals surface area contributed by atoms with Crippen molar-refractivity contribution in [2.45, 2.75) is 31.8 Å². The highest BCUT2D eigenvalue weighted by molar-refractivity contribution is 5.84. The van der Waals surface area contributed by atoms with Gasteiger partial charge in [0.25, 0.3) is 5.56 Å². The standard InChI is InChI=1S/C18H23N5O6/c1-8-4-9-11(5-10(8)22(2)3)23(6-12(25)15(27)13(26)7-24)16-14(19-9)17(28)21-18(29)20-16/h4-5,12-13,15,24-27H,6-7H2,1-3H3,(H,21,28,29). The monoisotopic (exact) mass is 405 g/mol. The van der Waals surface area contributed by atoms with Crippen LogP contribution in [0.2, 0.25) is 0 Å². The third-order valence-electron chi connectivity index (χ3n) is 4.75. The lowest BCUT2D eigenvalue weighted by atomic mass is 10.1. The predicted octanol–water partition coefficient (Wildman–Crippen LogP) is -1.97. The highest BCUT2D eigenvalue weighted by Crippen LogP contribution is 2.28. The zero-order chi connectivity index (χ0) is 21.5. The maximum atomic E-state index is 12.3. The molecule has 0 saturated carbocycles. The van der Waals surface area contributed by atoms with E-state index >= 15 is 0 Å². The summed E-state index contributed by atoms with van der Waals surface area (Å²) in [4.78, 5) is 36.1. The second-order valence-corrected chi connectivity index (χ2v) is 7.10. The Labute approximate surface area is 164 Å². The van der Waals surface area contributed by atoms with Crippen LogP contribution < -0.4 is 16.1 Å². The zero-order valence-electron chi connectivity index (χ0n) is 16.2. The van der Waals surface area contributed by atoms with Gasteiger partial charge in [0.05, 0.1) is 24.2 Å². The summed E-state index contributed by atoms with van der Waals surface area (Å²) in [5.41, 5.74) is 0.925. The molecule has 0 aliphatic carbocycles. The number of H-pyrrole nitrogens is 1. The summed E-state index contributed by atoms with van der Waals surface area (Å²) in [6.07, 6.45) is -4.73. The van der Waals surface area contributed by atoms with Crippen molar-refractivity contribution >= 4 is 16.7 Å². The van der Waals surface area contributed by atoms with Gasteiger partial charge >= 0.3 is 5.69 Å². The molecule has 0 spiro atoms. The molecule has 2 aliphatic rings. The predicted molar refractivity (Wildman–Crippen MR) is 105 cm³/mol. The van der Waals surface area contributed by atoms with Gasteiger partial charge in [-0.2, -0.15) is 4.98 Å². The number of hydrogen-bond acceptors (Lipinski definition) is 9. The third-order valence-corrected chi connectivity index (χ3v) is 4.75. The van der Waals surface area contributed by atoms with Crippen LogP contribution in [0.4, 0.5) is 5.69 Å². The van der Waals surface area contributed by atoms with Gasteiger partial charge in [-0.25, -0.2) is 9.78 Å². The molecule has 1 aromatic rings. The van der Waals surface area contributed by atoms with E-state index in [1.165, 1.54) is 4.57 Å². The molecule has 11 nitrogen and oxygen atoms in total. The van der Waals surface area contributed by atoms with Crippen molar-refractivity contribution in [1.29, 1.82) is 0 Å². The molecule has 0 fully saturated rings. The molecular formula is C18H23N5O6. The summed E-state index contributed by atoms with van der Waals surface area (Å²) >= 11 is 0. The molecule has 3 rings (SSSR count). The summed E-state index contributed by atoms with van der Waals surface area (Å²) < 4.78 is 1.40. The first-order valence-electron chi connectivity index (χ1n) is 8.91. The maximum Gasteiger partial charge on any atom is 0.349 e. The minimum Gasteiger partial charge on any atom is -0.394 e. The van der Waals surface area contributed by atoms with Crippen molar-refractivity contribution < 1.29 is 20.4 Å². The maximum absolute atomic E-state index is 12.3. The van der Waals surface area contributed by atoms with E-state index in [9.17, 15) is 24.9 Å². The van der Waals surface area contributed by atoms with E-state index < -0.39 is 36.2 Å². The van der Waals surface area contributed by atoms with E-state index in [1.807, 2.05) is 25.9 Å².